The number of ether oxygens (including phenoxy) is 1. The van der Waals surface area contributed by atoms with Crippen molar-refractivity contribution in [2.24, 2.45) is 0 Å². The quantitative estimate of drug-likeness (QED) is 0.373. The van der Waals surface area contributed by atoms with Gasteiger partial charge in [-0.3, -0.25) is 4.79 Å². The zero-order valence-corrected chi connectivity index (χ0v) is 23.9. The van der Waals surface area contributed by atoms with E-state index in [1.807, 2.05) is 27.7 Å². The van der Waals surface area contributed by atoms with Gasteiger partial charge in [-0.1, -0.05) is 46.5 Å². The van der Waals surface area contributed by atoms with Crippen LogP contribution in [-0.2, 0) is 9.53 Å². The van der Waals surface area contributed by atoms with Crippen molar-refractivity contribution in [1.29, 1.82) is 0 Å². The summed E-state index contributed by atoms with van der Waals surface area (Å²) in [7, 11) is 1.54. The zero-order chi connectivity index (χ0) is 27.7. The van der Waals surface area contributed by atoms with Crippen LogP contribution in [0.2, 0.25) is 0 Å². The largest absolute Gasteiger partial charge is 0.444 e. The normalized spacial score (nSPS) is 11.9. The molecule has 2 rings (SSSR count). The Kier molecular flexibility index (Phi) is 16.0. The number of rotatable bonds is 9. The number of likely N-dealkylation sites (N-methyl/N-ethyl adjacent to an activating group) is 1. The van der Waals surface area contributed by atoms with Gasteiger partial charge in [0.1, 0.15) is 18.0 Å². The van der Waals surface area contributed by atoms with Crippen LogP contribution in [-0.4, -0.2) is 65.2 Å². The number of hydrogen-bond acceptors (Lipinski definition) is 7. The molecule has 36 heavy (non-hydrogen) atoms. The van der Waals surface area contributed by atoms with Crippen molar-refractivity contribution in [2.75, 3.05) is 37.3 Å². The van der Waals surface area contributed by atoms with Crippen LogP contribution in [0.15, 0.2) is 6.20 Å². The molecule has 1 fully saturated rings. The maximum absolute atomic E-state index is 12.0. The average Bonchev–Trinajstić information content (AvgIpc) is 3.67. The van der Waals surface area contributed by atoms with Gasteiger partial charge < -0.3 is 25.6 Å². The van der Waals surface area contributed by atoms with Gasteiger partial charge in [0, 0.05) is 32.6 Å². The molecule has 3 N–H and O–H groups in total. The number of nitrogens with zero attached hydrogens (tertiary/aromatic N) is 4. The predicted molar refractivity (Wildman–Crippen MR) is 148 cm³/mol. The van der Waals surface area contributed by atoms with E-state index in [2.05, 4.69) is 38.9 Å². The van der Waals surface area contributed by atoms with E-state index in [1.54, 1.807) is 27.0 Å². The minimum atomic E-state index is -0.595. The Hall–Kier alpha value is -3.02. The molecule has 0 aliphatic heterocycles. The maximum Gasteiger partial charge on any atom is 0.410 e. The van der Waals surface area contributed by atoms with Crippen molar-refractivity contribution in [2.45, 2.75) is 99.1 Å². The van der Waals surface area contributed by atoms with E-state index in [9.17, 15) is 9.59 Å². The average molecular weight is 505 g/mol. The number of nitrogen functional groups attached to an aromatic ring is 1. The lowest BCUT2D eigenvalue weighted by Gasteiger charge is -2.24. The number of aromatic nitrogens is 2. The topological polar surface area (TPSA) is 114 Å². The number of carbonyl (C=O) groups is 2. The molecule has 1 aromatic rings. The first-order valence-electron chi connectivity index (χ1n) is 13.2. The van der Waals surface area contributed by atoms with Gasteiger partial charge in [0.15, 0.2) is 0 Å². The van der Waals surface area contributed by atoms with Gasteiger partial charge in [0.2, 0.25) is 11.9 Å². The molecule has 0 saturated heterocycles. The Morgan fingerprint density at radius 3 is 2.42 bits per heavy atom. The Morgan fingerprint density at radius 2 is 1.86 bits per heavy atom. The highest BCUT2D eigenvalue weighted by Crippen LogP contribution is 2.32. The van der Waals surface area contributed by atoms with E-state index < -0.39 is 11.7 Å². The first kappa shape index (κ1) is 33.0. The molecule has 1 aromatic heterocycles. The van der Waals surface area contributed by atoms with Crippen molar-refractivity contribution in [3.05, 3.63) is 11.8 Å². The molecular weight excluding hydrogens is 456 g/mol. The summed E-state index contributed by atoms with van der Waals surface area (Å²) in [5, 5.41) is 2.80. The first-order chi connectivity index (χ1) is 17.1. The molecule has 0 atom stereocenters. The Morgan fingerprint density at radius 1 is 1.22 bits per heavy atom. The van der Waals surface area contributed by atoms with Gasteiger partial charge >= 0.3 is 6.09 Å². The highest BCUT2D eigenvalue weighted by Gasteiger charge is 2.30. The third-order valence-electron chi connectivity index (χ3n) is 4.62. The summed E-state index contributed by atoms with van der Waals surface area (Å²) in [6.07, 6.45) is 5.83. The van der Waals surface area contributed by atoms with E-state index in [0.29, 0.717) is 25.4 Å². The van der Waals surface area contributed by atoms with Crippen LogP contribution in [0.3, 0.4) is 0 Å². The van der Waals surface area contributed by atoms with E-state index in [0.717, 1.165) is 24.3 Å². The monoisotopic (exact) mass is 504 g/mol. The molecule has 204 valence electrons. The fourth-order valence-electron chi connectivity index (χ4n) is 3.02. The molecule has 2 amide bonds. The third kappa shape index (κ3) is 13.2. The summed E-state index contributed by atoms with van der Waals surface area (Å²) < 4.78 is 5.23. The van der Waals surface area contributed by atoms with Crippen LogP contribution in [0, 0.1) is 11.8 Å². The number of nitrogens with one attached hydrogen (secondary N) is 1. The minimum absolute atomic E-state index is 0.0544. The van der Waals surface area contributed by atoms with E-state index in [4.69, 9.17) is 10.5 Å². The Bertz CT molecular complexity index is 853. The zero-order valence-electron chi connectivity index (χ0n) is 23.9. The van der Waals surface area contributed by atoms with Crippen LogP contribution in [0.5, 0.6) is 0 Å². The van der Waals surface area contributed by atoms with Crippen LogP contribution in [0.4, 0.5) is 16.6 Å². The highest BCUT2D eigenvalue weighted by atomic mass is 16.6. The molecule has 1 aliphatic rings. The SMILES string of the molecule is CC.CC.CCCN(c1nc(N)ncc1C#CCCCNC(=O)CN(C)C(=O)OC(C)(C)C)C1CC1. The second kappa shape index (κ2) is 17.4. The Balaban J connectivity index is 0.00000291. The van der Waals surface area contributed by atoms with Gasteiger partial charge in [0.25, 0.3) is 0 Å². The van der Waals surface area contributed by atoms with Crippen molar-refractivity contribution in [3.63, 3.8) is 0 Å². The van der Waals surface area contributed by atoms with Crippen LogP contribution >= 0.6 is 0 Å². The first-order valence-corrected chi connectivity index (χ1v) is 13.2. The molecular formula is C27H48N6O3. The standard InChI is InChI=1S/C23H36N6O3.2C2H6/c1-6-14-29(18-11-12-18)20-17(15-26-21(24)27-20)10-8-7-9-13-25-19(30)16-28(5)22(31)32-23(2,3)4;2*1-2/h15,18H,6-7,9,11-14,16H2,1-5H3,(H,25,30)(H2,24,26,27);2*1-2H3. The lowest BCUT2D eigenvalue weighted by molar-refractivity contribution is -0.122. The lowest BCUT2D eigenvalue weighted by Crippen LogP contribution is -2.41. The van der Waals surface area contributed by atoms with Crippen LogP contribution < -0.4 is 16.0 Å². The molecule has 9 nitrogen and oxygen atoms in total. The van der Waals surface area contributed by atoms with Crippen molar-refractivity contribution >= 4 is 23.8 Å². The second-order valence-corrected chi connectivity index (χ2v) is 8.98. The summed E-state index contributed by atoms with van der Waals surface area (Å²) >= 11 is 0. The minimum Gasteiger partial charge on any atom is -0.444 e. The van der Waals surface area contributed by atoms with Crippen molar-refractivity contribution < 1.29 is 14.3 Å². The maximum atomic E-state index is 12.0. The number of amides is 2. The molecule has 1 saturated carbocycles. The predicted octanol–water partition coefficient (Wildman–Crippen LogP) is 4.60. The summed E-state index contributed by atoms with van der Waals surface area (Å²) in [5.41, 5.74) is 6.00. The molecule has 1 heterocycles. The molecule has 0 bridgehead atoms. The van der Waals surface area contributed by atoms with Crippen LogP contribution in [0.25, 0.3) is 0 Å². The molecule has 1 aliphatic carbocycles. The number of hydrogen-bond donors (Lipinski definition) is 2. The van der Waals surface area contributed by atoms with Gasteiger partial charge in [-0.05, 0) is 46.5 Å². The molecule has 0 aromatic carbocycles. The molecule has 0 unspecified atom stereocenters. The summed E-state index contributed by atoms with van der Waals surface area (Å²) in [4.78, 5) is 36.0. The summed E-state index contributed by atoms with van der Waals surface area (Å²) in [6.45, 7) is 16.8. The van der Waals surface area contributed by atoms with Gasteiger partial charge in [-0.25, -0.2) is 9.78 Å². The fourth-order valence-corrected chi connectivity index (χ4v) is 3.02. The molecule has 9 heteroatoms. The van der Waals surface area contributed by atoms with Crippen LogP contribution in [0.1, 0.15) is 93.1 Å². The Labute approximate surface area is 218 Å². The van der Waals surface area contributed by atoms with E-state index in [1.165, 1.54) is 24.8 Å². The lowest BCUT2D eigenvalue weighted by atomic mass is 10.2. The van der Waals surface area contributed by atoms with Gasteiger partial charge in [-0.2, -0.15) is 4.98 Å². The van der Waals surface area contributed by atoms with E-state index >= 15 is 0 Å². The number of nitrogens with two attached hydrogens (primary N) is 1. The third-order valence-corrected chi connectivity index (χ3v) is 4.62. The highest BCUT2D eigenvalue weighted by molar-refractivity contribution is 5.82. The molecule has 0 radical (unpaired) electrons. The number of unbranched alkanes of at least 4 members (excludes halogenated alkanes) is 1. The summed E-state index contributed by atoms with van der Waals surface area (Å²) in [5.74, 6) is 7.14. The van der Waals surface area contributed by atoms with Gasteiger partial charge in [-0.15, -0.1) is 0 Å². The van der Waals surface area contributed by atoms with E-state index in [-0.39, 0.29) is 18.4 Å². The second-order valence-electron chi connectivity index (χ2n) is 8.98. The van der Waals surface area contributed by atoms with Gasteiger partial charge in [0.05, 0.1) is 11.8 Å². The fraction of sp³-hybridized carbons (Fsp3) is 0.704. The smallest absolute Gasteiger partial charge is 0.410 e. The molecule has 0 spiro atoms. The van der Waals surface area contributed by atoms with Crippen molar-refractivity contribution in [3.8, 4) is 11.8 Å². The number of anilines is 2. The number of carbonyl (C=O) groups excluding carboxylic acids is 2. The summed E-state index contributed by atoms with van der Waals surface area (Å²) in [6, 6.07) is 0.513. The van der Waals surface area contributed by atoms with Crippen molar-refractivity contribution in [1.82, 2.24) is 20.2 Å².